The molecule has 0 radical (unpaired) electrons. The van der Waals surface area contributed by atoms with Crippen molar-refractivity contribution in [3.8, 4) is 0 Å². The fourth-order valence-corrected chi connectivity index (χ4v) is 2.26. The molecule has 0 fully saturated rings. The van der Waals surface area contributed by atoms with Crippen molar-refractivity contribution in [1.29, 1.82) is 0 Å². The van der Waals surface area contributed by atoms with Crippen LogP contribution in [0.2, 0.25) is 0 Å². The van der Waals surface area contributed by atoms with E-state index in [-0.39, 0.29) is 11.5 Å². The maximum Gasteiger partial charge on any atom is 0.347 e. The standard InChI is InChI=1S/C10H8O3S/c11-10-9(6-7-13-10)14(12)8-4-2-1-3-5-8/h1-6H,7H2. The van der Waals surface area contributed by atoms with Gasteiger partial charge in [0.1, 0.15) is 11.5 Å². The lowest BCUT2D eigenvalue weighted by Gasteiger charge is -1.99. The van der Waals surface area contributed by atoms with Gasteiger partial charge in [-0.05, 0) is 18.2 Å². The van der Waals surface area contributed by atoms with Crippen LogP contribution in [0.3, 0.4) is 0 Å². The van der Waals surface area contributed by atoms with Crippen molar-refractivity contribution >= 4 is 16.8 Å². The predicted molar refractivity (Wildman–Crippen MR) is 51.9 cm³/mol. The van der Waals surface area contributed by atoms with Gasteiger partial charge < -0.3 is 4.74 Å². The number of esters is 1. The van der Waals surface area contributed by atoms with Gasteiger partial charge in [0, 0.05) is 4.90 Å². The Kier molecular flexibility index (Phi) is 2.45. The second-order valence-electron chi connectivity index (χ2n) is 2.75. The number of cyclic esters (lactones) is 1. The molecule has 0 spiro atoms. The molecule has 0 saturated heterocycles. The van der Waals surface area contributed by atoms with Crippen LogP contribution in [0, 0.1) is 0 Å². The third-order valence-electron chi connectivity index (χ3n) is 1.84. The first kappa shape index (κ1) is 9.15. The van der Waals surface area contributed by atoms with Gasteiger partial charge in [0.25, 0.3) is 0 Å². The van der Waals surface area contributed by atoms with Crippen LogP contribution in [-0.4, -0.2) is 16.8 Å². The Morgan fingerprint density at radius 1 is 1.21 bits per heavy atom. The fraction of sp³-hybridized carbons (Fsp3) is 0.100. The molecule has 0 aliphatic carbocycles. The van der Waals surface area contributed by atoms with Gasteiger partial charge >= 0.3 is 5.97 Å². The second-order valence-corrected chi connectivity index (χ2v) is 4.20. The first-order valence-electron chi connectivity index (χ1n) is 4.13. The van der Waals surface area contributed by atoms with E-state index in [0.29, 0.717) is 4.90 Å². The quantitative estimate of drug-likeness (QED) is 0.687. The van der Waals surface area contributed by atoms with Crippen LogP contribution >= 0.6 is 0 Å². The van der Waals surface area contributed by atoms with Crippen molar-refractivity contribution < 1.29 is 13.7 Å². The van der Waals surface area contributed by atoms with Crippen LogP contribution in [-0.2, 0) is 20.3 Å². The molecule has 4 heteroatoms. The van der Waals surface area contributed by atoms with Crippen LogP contribution in [0.4, 0.5) is 0 Å². The number of hydrogen-bond acceptors (Lipinski definition) is 3. The molecule has 1 aromatic carbocycles. The highest BCUT2D eigenvalue weighted by molar-refractivity contribution is 7.90. The highest BCUT2D eigenvalue weighted by atomic mass is 32.2. The van der Waals surface area contributed by atoms with Gasteiger partial charge in [0.15, 0.2) is 0 Å². The Bertz CT molecular complexity index is 409. The average Bonchev–Trinajstić information content (AvgIpc) is 2.65. The van der Waals surface area contributed by atoms with Crippen molar-refractivity contribution in [2.45, 2.75) is 4.90 Å². The number of hydrogen-bond donors (Lipinski definition) is 0. The Labute approximate surface area is 83.8 Å². The molecule has 1 unspecified atom stereocenters. The monoisotopic (exact) mass is 208 g/mol. The Hall–Kier alpha value is -1.42. The smallest absolute Gasteiger partial charge is 0.347 e. The first-order chi connectivity index (χ1) is 6.79. The van der Waals surface area contributed by atoms with Gasteiger partial charge in [-0.15, -0.1) is 0 Å². The summed E-state index contributed by atoms with van der Waals surface area (Å²) in [5, 5.41) is 0. The molecular weight excluding hydrogens is 200 g/mol. The first-order valence-corrected chi connectivity index (χ1v) is 5.28. The van der Waals surface area contributed by atoms with E-state index in [2.05, 4.69) is 4.74 Å². The van der Waals surface area contributed by atoms with Crippen molar-refractivity contribution in [3.05, 3.63) is 41.3 Å². The molecule has 1 aromatic rings. The summed E-state index contributed by atoms with van der Waals surface area (Å²) < 4.78 is 16.5. The maximum absolute atomic E-state index is 11.8. The predicted octanol–water partition coefficient (Wildman–Crippen LogP) is 1.23. The third kappa shape index (κ3) is 1.61. The molecule has 0 N–H and O–H groups in total. The molecular formula is C10H8O3S. The van der Waals surface area contributed by atoms with Crippen molar-refractivity contribution in [1.82, 2.24) is 0 Å². The lowest BCUT2D eigenvalue weighted by molar-refractivity contribution is -0.135. The normalized spacial score (nSPS) is 17.4. The van der Waals surface area contributed by atoms with Crippen LogP contribution in [0.5, 0.6) is 0 Å². The summed E-state index contributed by atoms with van der Waals surface area (Å²) in [5.74, 6) is -0.479. The summed E-state index contributed by atoms with van der Waals surface area (Å²) in [5.41, 5.74) is 0. The third-order valence-corrected chi connectivity index (χ3v) is 3.27. The van der Waals surface area contributed by atoms with E-state index in [4.69, 9.17) is 0 Å². The molecule has 2 rings (SSSR count). The van der Waals surface area contributed by atoms with E-state index in [9.17, 15) is 9.00 Å². The van der Waals surface area contributed by atoms with E-state index in [1.165, 1.54) is 0 Å². The largest absolute Gasteiger partial charge is 0.457 e. The Morgan fingerprint density at radius 3 is 2.50 bits per heavy atom. The summed E-state index contributed by atoms with van der Waals surface area (Å²) >= 11 is 0. The minimum Gasteiger partial charge on any atom is -0.457 e. The molecule has 1 aliphatic heterocycles. The van der Waals surface area contributed by atoms with Gasteiger partial charge in [0.05, 0.1) is 10.8 Å². The molecule has 0 aromatic heterocycles. The molecule has 3 nitrogen and oxygen atoms in total. The summed E-state index contributed by atoms with van der Waals surface area (Å²) in [6.07, 6.45) is 1.56. The van der Waals surface area contributed by atoms with Gasteiger partial charge in [-0.3, -0.25) is 0 Å². The van der Waals surface area contributed by atoms with Gasteiger partial charge in [0.2, 0.25) is 0 Å². The number of carbonyl (C=O) groups is 1. The Balaban J connectivity index is 2.29. The van der Waals surface area contributed by atoms with Crippen LogP contribution < -0.4 is 0 Å². The van der Waals surface area contributed by atoms with E-state index in [0.717, 1.165) is 0 Å². The number of rotatable bonds is 2. The van der Waals surface area contributed by atoms with Gasteiger partial charge in [-0.1, -0.05) is 18.2 Å². The van der Waals surface area contributed by atoms with Crippen LogP contribution in [0.1, 0.15) is 0 Å². The van der Waals surface area contributed by atoms with Crippen molar-refractivity contribution in [2.75, 3.05) is 6.61 Å². The summed E-state index contributed by atoms with van der Waals surface area (Å²) in [6.45, 7) is 0.229. The minimum atomic E-state index is -1.40. The topological polar surface area (TPSA) is 43.4 Å². The zero-order valence-electron chi connectivity index (χ0n) is 7.30. The molecule has 1 heterocycles. The molecule has 14 heavy (non-hydrogen) atoms. The van der Waals surface area contributed by atoms with Crippen LogP contribution in [0.15, 0.2) is 46.2 Å². The second kappa shape index (κ2) is 3.75. The lowest BCUT2D eigenvalue weighted by Crippen LogP contribution is -2.05. The van der Waals surface area contributed by atoms with Crippen molar-refractivity contribution in [2.24, 2.45) is 0 Å². The SMILES string of the molecule is O=C1OCC=C1S(=O)c1ccccc1. The van der Waals surface area contributed by atoms with E-state index >= 15 is 0 Å². The number of ether oxygens (including phenoxy) is 1. The molecule has 0 amide bonds. The minimum absolute atomic E-state index is 0.229. The zero-order chi connectivity index (χ0) is 9.97. The molecule has 1 atom stereocenters. The van der Waals surface area contributed by atoms with Crippen LogP contribution in [0.25, 0.3) is 0 Å². The highest BCUT2D eigenvalue weighted by Crippen LogP contribution is 2.18. The van der Waals surface area contributed by atoms with Gasteiger partial charge in [-0.25, -0.2) is 9.00 Å². The molecule has 1 aliphatic rings. The van der Waals surface area contributed by atoms with Gasteiger partial charge in [-0.2, -0.15) is 0 Å². The average molecular weight is 208 g/mol. The lowest BCUT2D eigenvalue weighted by atomic mass is 10.4. The summed E-state index contributed by atoms with van der Waals surface area (Å²) in [4.78, 5) is 12.0. The van der Waals surface area contributed by atoms with E-state index in [1.54, 1.807) is 30.3 Å². The van der Waals surface area contributed by atoms with E-state index < -0.39 is 16.8 Å². The fourth-order valence-electron chi connectivity index (χ4n) is 1.17. The summed E-state index contributed by atoms with van der Waals surface area (Å²) in [6, 6.07) is 8.86. The molecule has 72 valence electrons. The van der Waals surface area contributed by atoms with E-state index in [1.807, 2.05) is 6.07 Å². The van der Waals surface area contributed by atoms with Crippen molar-refractivity contribution in [3.63, 3.8) is 0 Å². The Morgan fingerprint density at radius 2 is 1.93 bits per heavy atom. The highest BCUT2D eigenvalue weighted by Gasteiger charge is 2.23. The molecule has 0 saturated carbocycles. The zero-order valence-corrected chi connectivity index (χ0v) is 8.12. The molecule has 0 bridgehead atoms. The summed E-state index contributed by atoms with van der Waals surface area (Å²) in [7, 11) is -1.40. The number of benzene rings is 1. The maximum atomic E-state index is 11.8. The number of carbonyl (C=O) groups excluding carboxylic acids is 1.